The molecule has 0 aliphatic rings. The van der Waals surface area contributed by atoms with E-state index in [0.29, 0.717) is 11.3 Å². The number of carboxylic acid groups (broad SMARTS) is 1. The molecular formula is C13H11N3O3. The van der Waals surface area contributed by atoms with Gasteiger partial charge in [-0.2, -0.15) is 5.10 Å². The number of rotatable bonds is 2. The van der Waals surface area contributed by atoms with Crippen LogP contribution in [0.15, 0.2) is 24.4 Å². The van der Waals surface area contributed by atoms with Gasteiger partial charge in [0.05, 0.1) is 11.9 Å². The van der Waals surface area contributed by atoms with Crippen LogP contribution < -0.4 is 0 Å². The maximum Gasteiger partial charge on any atom is 0.339 e. The Bertz CT molecular complexity index is 786. The van der Waals surface area contributed by atoms with Gasteiger partial charge in [-0.1, -0.05) is 0 Å². The molecule has 0 aliphatic heterocycles. The van der Waals surface area contributed by atoms with Crippen molar-refractivity contribution in [2.75, 3.05) is 0 Å². The molecule has 3 aromatic rings. The first kappa shape index (κ1) is 11.3. The maximum atomic E-state index is 11.2. The monoisotopic (exact) mass is 257 g/mol. The summed E-state index contributed by atoms with van der Waals surface area (Å²) < 4.78 is 0. The van der Waals surface area contributed by atoms with E-state index in [-0.39, 0.29) is 11.3 Å². The molecule has 3 rings (SSSR count). The number of carboxylic acids is 1. The summed E-state index contributed by atoms with van der Waals surface area (Å²) in [5.74, 6) is -0.915. The third-order valence-electron chi connectivity index (χ3n) is 3.09. The Morgan fingerprint density at radius 1 is 1.37 bits per heavy atom. The third kappa shape index (κ3) is 1.65. The molecule has 0 aliphatic carbocycles. The van der Waals surface area contributed by atoms with E-state index in [1.165, 1.54) is 6.20 Å². The first-order valence-electron chi connectivity index (χ1n) is 5.66. The highest BCUT2D eigenvalue weighted by Crippen LogP contribution is 2.34. The number of aromatic hydroxyl groups is 1. The van der Waals surface area contributed by atoms with Gasteiger partial charge in [-0.25, -0.2) is 4.79 Å². The van der Waals surface area contributed by atoms with E-state index in [9.17, 15) is 9.90 Å². The Morgan fingerprint density at radius 3 is 2.89 bits per heavy atom. The molecule has 0 bridgehead atoms. The summed E-state index contributed by atoms with van der Waals surface area (Å²) in [6, 6.07) is 4.92. The van der Waals surface area contributed by atoms with Gasteiger partial charge in [0.1, 0.15) is 11.3 Å². The van der Waals surface area contributed by atoms with Gasteiger partial charge < -0.3 is 15.2 Å². The van der Waals surface area contributed by atoms with E-state index in [2.05, 4.69) is 15.2 Å². The minimum absolute atomic E-state index is 0.104. The minimum Gasteiger partial charge on any atom is -0.508 e. The average molecular weight is 257 g/mol. The van der Waals surface area contributed by atoms with Crippen LogP contribution in [0.5, 0.6) is 5.75 Å². The zero-order valence-electron chi connectivity index (χ0n) is 10.1. The second-order valence-corrected chi connectivity index (χ2v) is 4.32. The summed E-state index contributed by atoms with van der Waals surface area (Å²) in [7, 11) is 0. The highest BCUT2D eigenvalue weighted by Gasteiger charge is 2.19. The van der Waals surface area contributed by atoms with Gasteiger partial charge in [-0.15, -0.1) is 0 Å². The molecule has 0 spiro atoms. The zero-order valence-corrected chi connectivity index (χ0v) is 10.1. The zero-order chi connectivity index (χ0) is 13.6. The van der Waals surface area contributed by atoms with Crippen molar-refractivity contribution in [2.24, 2.45) is 0 Å². The van der Waals surface area contributed by atoms with Gasteiger partial charge >= 0.3 is 5.97 Å². The molecule has 4 N–H and O–H groups in total. The van der Waals surface area contributed by atoms with Crippen LogP contribution in [0.3, 0.4) is 0 Å². The predicted molar refractivity (Wildman–Crippen MR) is 69.2 cm³/mol. The molecule has 1 aromatic carbocycles. The second kappa shape index (κ2) is 3.88. The molecule has 0 saturated heterocycles. The van der Waals surface area contributed by atoms with Crippen molar-refractivity contribution in [3.8, 4) is 17.0 Å². The van der Waals surface area contributed by atoms with Gasteiger partial charge in [0.15, 0.2) is 0 Å². The van der Waals surface area contributed by atoms with Crippen molar-refractivity contribution in [3.63, 3.8) is 0 Å². The molecule has 96 valence electrons. The second-order valence-electron chi connectivity index (χ2n) is 4.32. The fourth-order valence-corrected chi connectivity index (χ4v) is 2.28. The van der Waals surface area contributed by atoms with Crippen molar-refractivity contribution in [1.29, 1.82) is 0 Å². The molecule has 0 amide bonds. The van der Waals surface area contributed by atoms with Crippen LogP contribution in [0, 0.1) is 6.92 Å². The van der Waals surface area contributed by atoms with Crippen LogP contribution in [0.2, 0.25) is 0 Å². The van der Waals surface area contributed by atoms with E-state index in [1.54, 1.807) is 18.2 Å². The van der Waals surface area contributed by atoms with Crippen molar-refractivity contribution < 1.29 is 15.0 Å². The first-order valence-corrected chi connectivity index (χ1v) is 5.66. The SMILES string of the molecule is Cc1[nH]c2ccc(O)cc2c1-c1[nH]ncc1C(=O)O. The van der Waals surface area contributed by atoms with E-state index in [4.69, 9.17) is 5.11 Å². The Balaban J connectivity index is 2.35. The molecule has 6 heteroatoms. The lowest BCUT2D eigenvalue weighted by Gasteiger charge is -2.00. The lowest BCUT2D eigenvalue weighted by atomic mass is 10.0. The molecule has 0 saturated carbocycles. The van der Waals surface area contributed by atoms with Crippen LogP contribution in [0.25, 0.3) is 22.2 Å². The number of nitrogens with one attached hydrogen (secondary N) is 2. The number of phenolic OH excluding ortho intramolecular Hbond substituents is 1. The van der Waals surface area contributed by atoms with E-state index < -0.39 is 5.97 Å². The molecule has 0 fully saturated rings. The van der Waals surface area contributed by atoms with Crippen molar-refractivity contribution >= 4 is 16.9 Å². The predicted octanol–water partition coefficient (Wildman–Crippen LogP) is 2.27. The van der Waals surface area contributed by atoms with Gasteiger partial charge in [0.2, 0.25) is 0 Å². The number of hydrogen-bond donors (Lipinski definition) is 4. The number of carbonyl (C=O) groups is 1. The number of aryl methyl sites for hydroxylation is 1. The number of fused-ring (bicyclic) bond motifs is 1. The summed E-state index contributed by atoms with van der Waals surface area (Å²) >= 11 is 0. The average Bonchev–Trinajstić information content (AvgIpc) is 2.91. The smallest absolute Gasteiger partial charge is 0.339 e. The molecule has 6 nitrogen and oxygen atoms in total. The normalized spacial score (nSPS) is 11.0. The summed E-state index contributed by atoms with van der Waals surface area (Å²) in [6.45, 7) is 1.85. The summed E-state index contributed by atoms with van der Waals surface area (Å²) in [5.41, 5.74) is 2.89. The molecule has 0 radical (unpaired) electrons. The molecule has 19 heavy (non-hydrogen) atoms. The minimum atomic E-state index is -1.04. The fraction of sp³-hybridized carbons (Fsp3) is 0.0769. The number of benzene rings is 1. The standard InChI is InChI=1S/C13H11N3O3/c1-6-11(12-9(13(18)19)5-14-16-12)8-4-7(17)2-3-10(8)15-6/h2-5,15,17H,1H3,(H,14,16)(H,18,19). The lowest BCUT2D eigenvalue weighted by molar-refractivity contribution is 0.0698. The molecule has 2 heterocycles. The maximum absolute atomic E-state index is 11.2. The number of nitrogens with zero attached hydrogens (tertiary/aromatic N) is 1. The molecule has 0 unspecified atom stereocenters. The Morgan fingerprint density at radius 2 is 2.16 bits per heavy atom. The first-order chi connectivity index (χ1) is 9.08. The molecule has 0 atom stereocenters. The summed E-state index contributed by atoms with van der Waals surface area (Å²) in [5, 5.41) is 26.0. The van der Waals surface area contributed by atoms with Gasteiger partial charge in [-0.05, 0) is 25.1 Å². The van der Waals surface area contributed by atoms with Crippen molar-refractivity contribution in [1.82, 2.24) is 15.2 Å². The van der Waals surface area contributed by atoms with Gasteiger partial charge in [0.25, 0.3) is 0 Å². The van der Waals surface area contributed by atoms with E-state index >= 15 is 0 Å². The quantitative estimate of drug-likeness (QED) is 0.565. The molecule has 2 aromatic heterocycles. The molecular weight excluding hydrogens is 246 g/mol. The van der Waals surface area contributed by atoms with Crippen molar-refractivity contribution in [2.45, 2.75) is 6.92 Å². The van der Waals surface area contributed by atoms with Crippen LogP contribution in [-0.4, -0.2) is 31.4 Å². The van der Waals surface area contributed by atoms with Gasteiger partial charge in [0, 0.05) is 22.2 Å². The summed E-state index contributed by atoms with van der Waals surface area (Å²) in [6.07, 6.45) is 1.28. The van der Waals surface area contributed by atoms with Crippen molar-refractivity contribution in [3.05, 3.63) is 35.7 Å². The number of H-pyrrole nitrogens is 2. The largest absolute Gasteiger partial charge is 0.508 e. The van der Waals surface area contributed by atoms with Crippen LogP contribution >= 0.6 is 0 Å². The number of hydrogen-bond acceptors (Lipinski definition) is 3. The lowest BCUT2D eigenvalue weighted by Crippen LogP contribution is -1.97. The van der Waals surface area contributed by atoms with Crippen LogP contribution in [0.4, 0.5) is 0 Å². The van der Waals surface area contributed by atoms with E-state index in [0.717, 1.165) is 16.6 Å². The Kier molecular flexibility index (Phi) is 2.31. The summed E-state index contributed by atoms with van der Waals surface area (Å²) in [4.78, 5) is 14.3. The van der Waals surface area contributed by atoms with Crippen LogP contribution in [-0.2, 0) is 0 Å². The highest BCUT2D eigenvalue weighted by molar-refractivity contribution is 6.03. The topological polar surface area (TPSA) is 102 Å². The third-order valence-corrected chi connectivity index (χ3v) is 3.09. The number of aromatic carboxylic acids is 1. The number of aromatic amines is 2. The number of aromatic nitrogens is 3. The highest BCUT2D eigenvalue weighted by atomic mass is 16.4. The van der Waals surface area contributed by atoms with Gasteiger partial charge in [-0.3, -0.25) is 5.10 Å². The van der Waals surface area contributed by atoms with E-state index in [1.807, 2.05) is 6.92 Å². The Hall–Kier alpha value is -2.76. The fourth-order valence-electron chi connectivity index (χ4n) is 2.28. The number of phenols is 1. The Labute approximate surface area is 107 Å². The van der Waals surface area contributed by atoms with Crippen LogP contribution in [0.1, 0.15) is 16.1 Å².